The fourth-order valence-corrected chi connectivity index (χ4v) is 3.80. The van der Waals surface area contributed by atoms with Gasteiger partial charge < -0.3 is 5.32 Å². The lowest BCUT2D eigenvalue weighted by Gasteiger charge is -2.22. The van der Waals surface area contributed by atoms with Crippen molar-refractivity contribution in [3.63, 3.8) is 0 Å². The molecule has 0 fully saturated rings. The highest BCUT2D eigenvalue weighted by atomic mass is 32.2. The van der Waals surface area contributed by atoms with E-state index in [-0.39, 0.29) is 29.8 Å². The van der Waals surface area contributed by atoms with Gasteiger partial charge >= 0.3 is 0 Å². The number of hydrogen-bond acceptors (Lipinski definition) is 3. The van der Waals surface area contributed by atoms with Crippen molar-refractivity contribution >= 4 is 15.9 Å². The molecule has 0 aromatic heterocycles. The Labute approximate surface area is 160 Å². The van der Waals surface area contributed by atoms with E-state index in [1.165, 1.54) is 36.4 Å². The zero-order valence-electron chi connectivity index (χ0n) is 15.8. The monoisotopic (exact) mass is 392 g/mol. The molecule has 0 saturated carbocycles. The summed E-state index contributed by atoms with van der Waals surface area (Å²) < 4.78 is 40.4. The Kier molecular flexibility index (Phi) is 7.10. The average molecular weight is 392 g/mol. The summed E-state index contributed by atoms with van der Waals surface area (Å²) >= 11 is 0. The molecule has 146 valence electrons. The molecule has 2 rings (SSSR count). The number of aryl methyl sites for hydroxylation is 1. The van der Waals surface area contributed by atoms with Crippen molar-refractivity contribution < 1.29 is 17.6 Å². The van der Waals surface area contributed by atoms with Gasteiger partial charge in [0.2, 0.25) is 15.9 Å². The Morgan fingerprint density at radius 1 is 1.07 bits per heavy atom. The lowest BCUT2D eigenvalue weighted by atomic mass is 10.2. The van der Waals surface area contributed by atoms with Crippen molar-refractivity contribution in [2.75, 3.05) is 13.1 Å². The molecule has 0 aliphatic carbocycles. The van der Waals surface area contributed by atoms with Gasteiger partial charge in [0.25, 0.3) is 0 Å². The second kappa shape index (κ2) is 9.10. The predicted molar refractivity (Wildman–Crippen MR) is 103 cm³/mol. The summed E-state index contributed by atoms with van der Waals surface area (Å²) in [6.07, 6.45) is 0. The molecule has 0 radical (unpaired) electrons. The van der Waals surface area contributed by atoms with E-state index in [4.69, 9.17) is 0 Å². The van der Waals surface area contributed by atoms with Crippen molar-refractivity contribution in [3.8, 4) is 0 Å². The molecular weight excluding hydrogens is 367 g/mol. The number of hydrogen-bond donors (Lipinski definition) is 1. The van der Waals surface area contributed by atoms with E-state index in [0.29, 0.717) is 12.1 Å². The van der Waals surface area contributed by atoms with Crippen molar-refractivity contribution in [1.29, 1.82) is 0 Å². The lowest BCUT2D eigenvalue weighted by Crippen LogP contribution is -2.41. The van der Waals surface area contributed by atoms with Crippen LogP contribution in [0.3, 0.4) is 0 Å². The number of carbonyl (C=O) groups is 1. The minimum atomic E-state index is -3.88. The van der Waals surface area contributed by atoms with E-state index >= 15 is 0 Å². The molecular formula is C20H25FN2O3S. The molecule has 5 nitrogen and oxygen atoms in total. The van der Waals surface area contributed by atoms with E-state index < -0.39 is 15.8 Å². The molecule has 0 atom stereocenters. The lowest BCUT2D eigenvalue weighted by molar-refractivity contribution is -0.121. The van der Waals surface area contributed by atoms with Crippen LogP contribution < -0.4 is 5.32 Å². The quantitative estimate of drug-likeness (QED) is 0.751. The number of amides is 1. The highest BCUT2D eigenvalue weighted by Gasteiger charge is 2.27. The summed E-state index contributed by atoms with van der Waals surface area (Å²) in [6, 6.07) is 12.0. The molecule has 2 aromatic rings. The van der Waals surface area contributed by atoms with Gasteiger partial charge in [0, 0.05) is 13.1 Å². The number of rotatable bonds is 8. The molecule has 0 bridgehead atoms. The molecule has 0 aliphatic heterocycles. The van der Waals surface area contributed by atoms with Gasteiger partial charge in [-0.3, -0.25) is 4.79 Å². The van der Waals surface area contributed by atoms with E-state index in [1.807, 2.05) is 20.8 Å². The van der Waals surface area contributed by atoms with Gasteiger partial charge in [0.15, 0.2) is 0 Å². The summed E-state index contributed by atoms with van der Waals surface area (Å²) in [5, 5.41) is 2.74. The van der Waals surface area contributed by atoms with Crippen LogP contribution in [0, 0.1) is 18.7 Å². The zero-order chi connectivity index (χ0) is 20.0. The van der Waals surface area contributed by atoms with Crippen LogP contribution in [0.15, 0.2) is 53.4 Å². The smallest absolute Gasteiger partial charge is 0.243 e. The maximum absolute atomic E-state index is 13.2. The first-order chi connectivity index (χ1) is 12.7. The minimum absolute atomic E-state index is 0.0222. The number of nitrogens with zero attached hydrogens (tertiary/aromatic N) is 1. The average Bonchev–Trinajstić information content (AvgIpc) is 2.61. The third-order valence-corrected chi connectivity index (χ3v) is 5.76. The molecule has 1 N–H and O–H groups in total. The maximum Gasteiger partial charge on any atom is 0.243 e. The molecule has 0 heterocycles. The Bertz CT molecular complexity index is 863. The van der Waals surface area contributed by atoms with Gasteiger partial charge in [-0.2, -0.15) is 4.31 Å². The van der Waals surface area contributed by atoms with Crippen LogP contribution in [0.2, 0.25) is 0 Å². The number of nitrogens with one attached hydrogen (secondary N) is 1. The number of carbonyl (C=O) groups excluding carboxylic acids is 1. The second-order valence-corrected chi connectivity index (χ2v) is 8.85. The highest BCUT2D eigenvalue weighted by molar-refractivity contribution is 7.89. The van der Waals surface area contributed by atoms with Crippen LogP contribution in [0.25, 0.3) is 0 Å². The zero-order valence-corrected chi connectivity index (χ0v) is 16.6. The summed E-state index contributed by atoms with van der Waals surface area (Å²) in [6.45, 7) is 5.92. The second-order valence-electron chi connectivity index (χ2n) is 6.91. The molecule has 0 saturated heterocycles. The van der Waals surface area contributed by atoms with Crippen molar-refractivity contribution in [1.82, 2.24) is 9.62 Å². The molecule has 2 aromatic carbocycles. The highest BCUT2D eigenvalue weighted by Crippen LogP contribution is 2.19. The first kappa shape index (κ1) is 21.1. The van der Waals surface area contributed by atoms with Gasteiger partial charge in [0.1, 0.15) is 5.82 Å². The van der Waals surface area contributed by atoms with Crippen LogP contribution in [-0.2, 0) is 21.4 Å². The number of halogens is 1. The third kappa shape index (κ3) is 6.15. The molecule has 0 aliphatic rings. The van der Waals surface area contributed by atoms with Crippen LogP contribution in [0.5, 0.6) is 0 Å². The van der Waals surface area contributed by atoms with Crippen LogP contribution in [-0.4, -0.2) is 31.7 Å². The molecule has 0 spiro atoms. The minimum Gasteiger partial charge on any atom is -0.355 e. The SMILES string of the molecule is Cc1ccc(S(=O)(=O)N(CC(=O)NCC(C)C)Cc2ccc(F)cc2)cc1. The summed E-state index contributed by atoms with van der Waals surface area (Å²) in [4.78, 5) is 12.4. The largest absolute Gasteiger partial charge is 0.355 e. The van der Waals surface area contributed by atoms with Gasteiger partial charge in [-0.1, -0.05) is 43.7 Å². The van der Waals surface area contributed by atoms with Crippen molar-refractivity contribution in [3.05, 3.63) is 65.5 Å². The van der Waals surface area contributed by atoms with Crippen LogP contribution in [0.4, 0.5) is 4.39 Å². The fourth-order valence-electron chi connectivity index (χ4n) is 2.41. The Morgan fingerprint density at radius 2 is 1.67 bits per heavy atom. The first-order valence-corrected chi connectivity index (χ1v) is 10.2. The normalized spacial score (nSPS) is 11.8. The molecule has 1 amide bonds. The Hall–Kier alpha value is -2.25. The van der Waals surface area contributed by atoms with E-state index in [1.54, 1.807) is 12.1 Å². The van der Waals surface area contributed by atoms with Gasteiger partial charge in [0.05, 0.1) is 11.4 Å². The fraction of sp³-hybridized carbons (Fsp3) is 0.350. The van der Waals surface area contributed by atoms with Crippen molar-refractivity contribution in [2.24, 2.45) is 5.92 Å². The van der Waals surface area contributed by atoms with E-state index in [2.05, 4.69) is 5.32 Å². The third-order valence-electron chi connectivity index (χ3n) is 3.96. The Morgan fingerprint density at radius 3 is 2.22 bits per heavy atom. The Balaban J connectivity index is 2.28. The molecule has 0 unspecified atom stereocenters. The number of benzene rings is 2. The van der Waals surface area contributed by atoms with Crippen molar-refractivity contribution in [2.45, 2.75) is 32.2 Å². The predicted octanol–water partition coefficient (Wildman–Crippen LogP) is 3.10. The summed E-state index contributed by atoms with van der Waals surface area (Å²) in [7, 11) is -3.88. The van der Waals surface area contributed by atoms with Gasteiger partial charge in [-0.15, -0.1) is 0 Å². The number of sulfonamides is 1. The topological polar surface area (TPSA) is 66.5 Å². The maximum atomic E-state index is 13.2. The summed E-state index contributed by atoms with van der Waals surface area (Å²) in [5.74, 6) is -0.518. The van der Waals surface area contributed by atoms with Crippen LogP contribution in [0.1, 0.15) is 25.0 Å². The first-order valence-electron chi connectivity index (χ1n) is 8.76. The molecule has 7 heteroatoms. The van der Waals surface area contributed by atoms with Crippen LogP contribution >= 0.6 is 0 Å². The molecule has 27 heavy (non-hydrogen) atoms. The summed E-state index contributed by atoms with van der Waals surface area (Å²) in [5.41, 5.74) is 1.54. The standard InChI is InChI=1S/C20H25FN2O3S/c1-15(2)12-22-20(24)14-23(13-17-6-8-18(21)9-7-17)27(25,26)19-10-4-16(3)5-11-19/h4-11,15H,12-14H2,1-3H3,(H,22,24). The van der Waals surface area contributed by atoms with E-state index in [9.17, 15) is 17.6 Å². The van der Waals surface area contributed by atoms with E-state index in [0.717, 1.165) is 9.87 Å². The van der Waals surface area contributed by atoms with Gasteiger partial charge in [-0.25, -0.2) is 12.8 Å². The van der Waals surface area contributed by atoms with Gasteiger partial charge in [-0.05, 0) is 42.7 Å².